The quantitative estimate of drug-likeness (QED) is 0.584. The molecule has 0 amide bonds. The summed E-state index contributed by atoms with van der Waals surface area (Å²) >= 11 is 0. The highest BCUT2D eigenvalue weighted by Crippen LogP contribution is 2.37. The van der Waals surface area contributed by atoms with Gasteiger partial charge in [0.25, 0.3) is 0 Å². The number of hydrogen-bond donors (Lipinski definition) is 0. The van der Waals surface area contributed by atoms with Crippen LogP contribution in [0.5, 0.6) is 5.75 Å². The first-order chi connectivity index (χ1) is 12.2. The predicted molar refractivity (Wildman–Crippen MR) is 99.4 cm³/mol. The maximum absolute atomic E-state index is 12.9. The third-order valence-corrected chi connectivity index (χ3v) is 5.30. The molecule has 2 nitrogen and oxygen atoms in total. The Labute approximate surface area is 150 Å². The van der Waals surface area contributed by atoms with E-state index in [0.29, 0.717) is 5.92 Å². The topological polar surface area (TPSA) is 22.1 Å². The van der Waals surface area contributed by atoms with Gasteiger partial charge in [-0.3, -0.25) is 0 Å². The van der Waals surface area contributed by atoms with E-state index in [4.69, 9.17) is 4.74 Å². The molecule has 0 atom stereocenters. The van der Waals surface area contributed by atoms with E-state index in [1.165, 1.54) is 43.7 Å². The molecule has 1 fully saturated rings. The maximum atomic E-state index is 12.9. The van der Waals surface area contributed by atoms with Crippen molar-refractivity contribution in [2.45, 2.75) is 57.8 Å². The van der Waals surface area contributed by atoms with Gasteiger partial charge in [-0.2, -0.15) is 4.39 Å². The van der Waals surface area contributed by atoms with Crippen molar-refractivity contribution in [1.29, 1.82) is 0 Å². The molecule has 1 aromatic carbocycles. The third-order valence-electron chi connectivity index (χ3n) is 5.30. The van der Waals surface area contributed by atoms with Crippen molar-refractivity contribution in [2.24, 2.45) is 5.92 Å². The molecule has 0 aliphatic heterocycles. The normalized spacial score (nSPS) is 20.4. The van der Waals surface area contributed by atoms with E-state index in [-0.39, 0.29) is 0 Å². The Kier molecular flexibility index (Phi) is 6.43. The van der Waals surface area contributed by atoms with E-state index in [1.807, 2.05) is 6.07 Å². The van der Waals surface area contributed by atoms with Crippen molar-refractivity contribution in [3.8, 4) is 5.75 Å². The molecule has 0 radical (unpaired) electrons. The van der Waals surface area contributed by atoms with Crippen LogP contribution in [-0.2, 0) is 6.42 Å². The van der Waals surface area contributed by atoms with Crippen LogP contribution in [0, 0.1) is 11.9 Å². The van der Waals surface area contributed by atoms with E-state index in [9.17, 15) is 4.39 Å². The minimum absolute atomic E-state index is 0.393. The minimum Gasteiger partial charge on any atom is -0.494 e. The Bertz CT molecular complexity index is 630. The Balaban J connectivity index is 1.44. The summed E-state index contributed by atoms with van der Waals surface area (Å²) in [6.45, 7) is 2.91. The summed E-state index contributed by atoms with van der Waals surface area (Å²) in [7, 11) is 0. The van der Waals surface area contributed by atoms with Crippen LogP contribution >= 0.6 is 0 Å². The number of pyridine rings is 1. The number of hydrogen-bond acceptors (Lipinski definition) is 2. The number of aryl methyl sites for hydroxylation is 1. The van der Waals surface area contributed by atoms with Crippen LogP contribution in [0.3, 0.4) is 0 Å². The molecule has 1 saturated carbocycles. The first kappa shape index (κ1) is 17.9. The van der Waals surface area contributed by atoms with Gasteiger partial charge >= 0.3 is 0 Å². The molecular formula is C22H28FNO. The fourth-order valence-electron chi connectivity index (χ4n) is 3.77. The van der Waals surface area contributed by atoms with E-state index in [1.54, 1.807) is 6.20 Å². The molecule has 0 bridgehead atoms. The zero-order valence-corrected chi connectivity index (χ0v) is 15.1. The molecule has 2 aromatic rings. The summed E-state index contributed by atoms with van der Waals surface area (Å²) in [4.78, 5) is 3.74. The Morgan fingerprint density at radius 1 is 1.04 bits per heavy atom. The Morgan fingerprint density at radius 2 is 1.80 bits per heavy atom. The second-order valence-electron chi connectivity index (χ2n) is 7.16. The molecule has 1 aliphatic rings. The molecule has 1 aliphatic carbocycles. The highest BCUT2D eigenvalue weighted by Gasteiger charge is 2.22. The molecular weight excluding hydrogens is 313 g/mol. The molecule has 3 heteroatoms. The predicted octanol–water partition coefficient (Wildman–Crippen LogP) is 5.92. The van der Waals surface area contributed by atoms with Crippen LogP contribution in [0.4, 0.5) is 4.39 Å². The molecule has 0 unspecified atom stereocenters. The van der Waals surface area contributed by atoms with Crippen molar-refractivity contribution < 1.29 is 9.13 Å². The zero-order valence-electron chi connectivity index (χ0n) is 15.1. The number of nitrogens with zero attached hydrogens (tertiary/aromatic N) is 1. The lowest BCUT2D eigenvalue weighted by atomic mass is 9.77. The van der Waals surface area contributed by atoms with E-state index < -0.39 is 5.95 Å². The molecule has 0 N–H and O–H groups in total. The molecule has 3 rings (SSSR count). The molecule has 0 spiro atoms. The van der Waals surface area contributed by atoms with Crippen molar-refractivity contribution in [3.05, 3.63) is 59.7 Å². The van der Waals surface area contributed by atoms with Gasteiger partial charge in [-0.1, -0.05) is 25.1 Å². The van der Waals surface area contributed by atoms with Gasteiger partial charge < -0.3 is 4.74 Å². The smallest absolute Gasteiger partial charge is 0.212 e. The van der Waals surface area contributed by atoms with Gasteiger partial charge in [0.2, 0.25) is 5.95 Å². The van der Waals surface area contributed by atoms with Crippen LogP contribution in [0.1, 0.15) is 62.5 Å². The molecule has 134 valence electrons. The van der Waals surface area contributed by atoms with Crippen LogP contribution in [0.25, 0.3) is 0 Å². The average molecular weight is 341 g/mol. The van der Waals surface area contributed by atoms with Gasteiger partial charge in [0.15, 0.2) is 0 Å². The van der Waals surface area contributed by atoms with Gasteiger partial charge in [-0.15, -0.1) is 0 Å². The molecule has 25 heavy (non-hydrogen) atoms. The van der Waals surface area contributed by atoms with Crippen molar-refractivity contribution >= 4 is 0 Å². The summed E-state index contributed by atoms with van der Waals surface area (Å²) in [5.74, 6) is 2.06. The second-order valence-corrected chi connectivity index (χ2v) is 7.16. The zero-order chi connectivity index (χ0) is 17.5. The van der Waals surface area contributed by atoms with Crippen molar-refractivity contribution in [1.82, 2.24) is 4.98 Å². The lowest BCUT2D eigenvalue weighted by molar-refractivity contribution is 0.308. The van der Waals surface area contributed by atoms with Crippen LogP contribution in [-0.4, -0.2) is 11.6 Å². The van der Waals surface area contributed by atoms with E-state index in [2.05, 4.69) is 36.2 Å². The highest BCUT2D eigenvalue weighted by atomic mass is 19.1. The number of halogens is 1. The maximum Gasteiger partial charge on any atom is 0.212 e. The van der Waals surface area contributed by atoms with Crippen LogP contribution in [0.15, 0.2) is 42.6 Å². The standard InChI is InChI=1S/C22H28FNO/c1-2-15-25-21-12-10-20(11-13-21)19-8-5-17(6-9-19)3-4-18-7-14-22(23)24-16-18/h7,10-14,16-17,19H,2-6,8-9,15H2,1H3/t17-,19-. The number of benzene rings is 1. The van der Waals surface area contributed by atoms with E-state index in [0.717, 1.165) is 36.7 Å². The van der Waals surface area contributed by atoms with Gasteiger partial charge in [-0.25, -0.2) is 4.98 Å². The first-order valence-electron chi connectivity index (χ1n) is 9.57. The van der Waals surface area contributed by atoms with Gasteiger partial charge in [0, 0.05) is 6.20 Å². The SMILES string of the molecule is CCCOc1ccc([C@H]2CC[C@H](CCc3ccc(F)nc3)CC2)cc1. The monoisotopic (exact) mass is 341 g/mol. The first-order valence-corrected chi connectivity index (χ1v) is 9.57. The summed E-state index contributed by atoms with van der Waals surface area (Å²) in [5, 5.41) is 0. The largest absolute Gasteiger partial charge is 0.494 e. The van der Waals surface area contributed by atoms with Crippen molar-refractivity contribution in [2.75, 3.05) is 6.61 Å². The second kappa shape index (κ2) is 8.98. The van der Waals surface area contributed by atoms with Gasteiger partial charge in [0.05, 0.1) is 6.61 Å². The molecule has 1 aromatic heterocycles. The Morgan fingerprint density at radius 3 is 2.44 bits per heavy atom. The highest BCUT2D eigenvalue weighted by molar-refractivity contribution is 5.29. The summed E-state index contributed by atoms with van der Waals surface area (Å²) in [5.41, 5.74) is 2.59. The van der Waals surface area contributed by atoms with Crippen LogP contribution in [0.2, 0.25) is 0 Å². The number of aromatic nitrogens is 1. The lowest BCUT2D eigenvalue weighted by Gasteiger charge is -2.29. The third kappa shape index (κ3) is 5.29. The Hall–Kier alpha value is -1.90. The number of ether oxygens (including phenoxy) is 1. The summed E-state index contributed by atoms with van der Waals surface area (Å²) in [6.07, 6.45) is 10.0. The van der Waals surface area contributed by atoms with Gasteiger partial charge in [-0.05, 0) is 86.1 Å². The molecule has 1 heterocycles. The summed E-state index contributed by atoms with van der Waals surface area (Å²) in [6, 6.07) is 12.0. The van der Waals surface area contributed by atoms with E-state index >= 15 is 0 Å². The average Bonchev–Trinajstić information content (AvgIpc) is 2.67. The fraction of sp³-hybridized carbons (Fsp3) is 0.500. The minimum atomic E-state index is -0.393. The van der Waals surface area contributed by atoms with Crippen LogP contribution < -0.4 is 4.74 Å². The fourth-order valence-corrected chi connectivity index (χ4v) is 3.77. The van der Waals surface area contributed by atoms with Crippen molar-refractivity contribution in [3.63, 3.8) is 0 Å². The number of rotatable bonds is 7. The summed E-state index contributed by atoms with van der Waals surface area (Å²) < 4.78 is 18.5. The van der Waals surface area contributed by atoms with Gasteiger partial charge in [0.1, 0.15) is 5.75 Å². The lowest BCUT2D eigenvalue weighted by Crippen LogP contribution is -2.14. The molecule has 0 saturated heterocycles.